The smallest absolute Gasteiger partial charge is 0.124 e. The van der Waals surface area contributed by atoms with Gasteiger partial charge in [-0.05, 0) is 49.3 Å². The number of fused-ring (bicyclic) bond motifs is 3. The zero-order valence-electron chi connectivity index (χ0n) is 11.0. The molecule has 1 N–H and O–H groups in total. The fourth-order valence-electron chi connectivity index (χ4n) is 2.99. The molecule has 1 aliphatic carbocycles. The van der Waals surface area contributed by atoms with E-state index in [1.165, 1.54) is 31.2 Å². The Balaban J connectivity index is 0.00000120. The molecule has 0 spiro atoms. The van der Waals surface area contributed by atoms with Crippen LogP contribution in [-0.4, -0.2) is 12.6 Å². The van der Waals surface area contributed by atoms with Crippen LogP contribution in [0.15, 0.2) is 12.1 Å². The molecule has 1 heterocycles. The summed E-state index contributed by atoms with van der Waals surface area (Å²) in [6, 6.07) is 4.47. The lowest BCUT2D eigenvalue weighted by molar-refractivity contribution is 0.201. The average molecular weight is 268 g/mol. The van der Waals surface area contributed by atoms with Crippen molar-refractivity contribution in [1.29, 1.82) is 0 Å². The lowest BCUT2D eigenvalue weighted by Gasteiger charge is -2.21. The first-order valence-electron chi connectivity index (χ1n) is 6.89. The van der Waals surface area contributed by atoms with E-state index in [2.05, 4.69) is 24.4 Å². The van der Waals surface area contributed by atoms with Gasteiger partial charge in [-0.3, -0.25) is 0 Å². The van der Waals surface area contributed by atoms with Crippen molar-refractivity contribution in [3.8, 4) is 5.75 Å². The fraction of sp³-hybridized carbons (Fsp3) is 0.600. The number of nitrogens with one attached hydrogen (secondary N) is 1. The van der Waals surface area contributed by atoms with Gasteiger partial charge in [0, 0.05) is 18.7 Å². The first-order chi connectivity index (χ1) is 8.38. The number of hydrogen-bond donors (Lipinski definition) is 1. The van der Waals surface area contributed by atoms with Crippen LogP contribution in [0, 0.1) is 0 Å². The van der Waals surface area contributed by atoms with Crippen LogP contribution in [0.1, 0.15) is 42.9 Å². The Morgan fingerprint density at radius 1 is 1.22 bits per heavy atom. The van der Waals surface area contributed by atoms with E-state index in [-0.39, 0.29) is 12.4 Å². The number of benzene rings is 1. The molecule has 2 aliphatic rings. The van der Waals surface area contributed by atoms with Gasteiger partial charge in [0.05, 0.1) is 0 Å². The monoisotopic (exact) mass is 267 g/mol. The molecule has 3 rings (SSSR count). The summed E-state index contributed by atoms with van der Waals surface area (Å²) in [5, 5.41) is 3.53. The summed E-state index contributed by atoms with van der Waals surface area (Å²) in [7, 11) is 0. The fourth-order valence-corrected chi connectivity index (χ4v) is 2.99. The highest BCUT2D eigenvalue weighted by Gasteiger charge is 2.21. The maximum atomic E-state index is 6.11. The number of hydrogen-bond acceptors (Lipinski definition) is 2. The van der Waals surface area contributed by atoms with Crippen molar-refractivity contribution >= 4 is 12.4 Å². The molecule has 1 atom stereocenters. The van der Waals surface area contributed by atoms with Crippen molar-refractivity contribution in [2.45, 2.75) is 51.7 Å². The molecule has 0 amide bonds. The summed E-state index contributed by atoms with van der Waals surface area (Å²) in [5.41, 5.74) is 4.55. The van der Waals surface area contributed by atoms with Crippen LogP contribution >= 0.6 is 12.4 Å². The summed E-state index contributed by atoms with van der Waals surface area (Å²) >= 11 is 0. The Hall–Kier alpha value is -0.730. The van der Waals surface area contributed by atoms with E-state index in [4.69, 9.17) is 4.74 Å². The Bertz CT molecular complexity index is 419. The lowest BCUT2D eigenvalue weighted by atomic mass is 9.88. The van der Waals surface area contributed by atoms with Gasteiger partial charge in [0.1, 0.15) is 11.9 Å². The highest BCUT2D eigenvalue weighted by molar-refractivity contribution is 5.85. The van der Waals surface area contributed by atoms with Crippen molar-refractivity contribution < 1.29 is 4.74 Å². The summed E-state index contributed by atoms with van der Waals surface area (Å²) in [6.07, 6.45) is 6.57. The quantitative estimate of drug-likeness (QED) is 0.843. The minimum atomic E-state index is 0. The van der Waals surface area contributed by atoms with Crippen molar-refractivity contribution in [2.75, 3.05) is 6.54 Å². The number of halogens is 1. The van der Waals surface area contributed by atoms with Crippen molar-refractivity contribution in [3.05, 3.63) is 28.8 Å². The molecule has 18 heavy (non-hydrogen) atoms. The van der Waals surface area contributed by atoms with E-state index in [0.29, 0.717) is 6.10 Å². The molecule has 0 radical (unpaired) electrons. The second-order valence-electron chi connectivity index (χ2n) is 5.17. The average Bonchev–Trinajstić information content (AvgIpc) is 2.60. The number of rotatable bonds is 1. The van der Waals surface area contributed by atoms with E-state index in [1.54, 1.807) is 11.1 Å². The molecule has 0 saturated heterocycles. The van der Waals surface area contributed by atoms with Gasteiger partial charge in [0.2, 0.25) is 0 Å². The predicted molar refractivity (Wildman–Crippen MR) is 76.7 cm³/mol. The third-order valence-electron chi connectivity index (χ3n) is 4.03. The van der Waals surface area contributed by atoms with Crippen molar-refractivity contribution in [2.24, 2.45) is 0 Å². The molecule has 3 heteroatoms. The summed E-state index contributed by atoms with van der Waals surface area (Å²) in [6.45, 7) is 4.14. The Labute approximate surface area is 116 Å². The van der Waals surface area contributed by atoms with Crippen LogP contribution in [-0.2, 0) is 19.4 Å². The largest absolute Gasteiger partial charge is 0.489 e. The first-order valence-corrected chi connectivity index (χ1v) is 6.89. The van der Waals surface area contributed by atoms with Gasteiger partial charge in [0.25, 0.3) is 0 Å². The minimum absolute atomic E-state index is 0. The lowest BCUT2D eigenvalue weighted by Crippen LogP contribution is -2.27. The SMILES string of the molecule is CC[C@@H]1CNCc2c(ccc3c2CCCC3)O1.Cl. The van der Waals surface area contributed by atoms with Gasteiger partial charge in [-0.2, -0.15) is 0 Å². The minimum Gasteiger partial charge on any atom is -0.489 e. The summed E-state index contributed by atoms with van der Waals surface area (Å²) in [5.74, 6) is 1.13. The number of ether oxygens (including phenoxy) is 1. The second-order valence-corrected chi connectivity index (χ2v) is 5.17. The van der Waals surface area contributed by atoms with Crippen LogP contribution in [0.5, 0.6) is 5.75 Å². The van der Waals surface area contributed by atoms with Crippen LogP contribution in [0.3, 0.4) is 0 Å². The van der Waals surface area contributed by atoms with E-state index < -0.39 is 0 Å². The van der Waals surface area contributed by atoms with E-state index in [1.807, 2.05) is 0 Å². The Morgan fingerprint density at radius 2 is 2.06 bits per heavy atom. The van der Waals surface area contributed by atoms with Crippen LogP contribution in [0.2, 0.25) is 0 Å². The highest BCUT2D eigenvalue weighted by atomic mass is 35.5. The highest BCUT2D eigenvalue weighted by Crippen LogP contribution is 2.32. The maximum Gasteiger partial charge on any atom is 0.124 e. The van der Waals surface area contributed by atoms with Crippen LogP contribution in [0.25, 0.3) is 0 Å². The molecule has 0 fully saturated rings. The first kappa shape index (κ1) is 13.7. The van der Waals surface area contributed by atoms with Crippen molar-refractivity contribution in [3.63, 3.8) is 0 Å². The van der Waals surface area contributed by atoms with E-state index in [0.717, 1.165) is 25.3 Å². The maximum absolute atomic E-state index is 6.11. The second kappa shape index (κ2) is 5.94. The molecule has 1 aromatic rings. The number of aryl methyl sites for hydroxylation is 1. The zero-order chi connectivity index (χ0) is 11.7. The van der Waals surface area contributed by atoms with Gasteiger partial charge in [-0.25, -0.2) is 0 Å². The molecule has 0 unspecified atom stereocenters. The van der Waals surface area contributed by atoms with Crippen LogP contribution in [0.4, 0.5) is 0 Å². The molecular formula is C15H22ClNO. The topological polar surface area (TPSA) is 21.3 Å². The van der Waals surface area contributed by atoms with Gasteiger partial charge in [-0.1, -0.05) is 13.0 Å². The van der Waals surface area contributed by atoms with Gasteiger partial charge >= 0.3 is 0 Å². The van der Waals surface area contributed by atoms with Gasteiger partial charge in [-0.15, -0.1) is 12.4 Å². The molecule has 2 nitrogen and oxygen atoms in total. The Morgan fingerprint density at radius 3 is 2.89 bits per heavy atom. The molecule has 0 bridgehead atoms. The molecule has 1 aliphatic heterocycles. The molecule has 1 aromatic carbocycles. The van der Waals surface area contributed by atoms with Gasteiger partial charge < -0.3 is 10.1 Å². The summed E-state index contributed by atoms with van der Waals surface area (Å²) < 4.78 is 6.11. The predicted octanol–water partition coefficient (Wildman–Crippen LogP) is 3.25. The standard InChI is InChI=1S/C15H21NO.ClH/c1-2-12-9-16-10-14-13-6-4-3-5-11(13)7-8-15(14)17-12;/h7-8,12,16H,2-6,9-10H2,1H3;1H/t12-;/m1./s1. The molecule has 0 saturated carbocycles. The van der Waals surface area contributed by atoms with E-state index in [9.17, 15) is 0 Å². The third-order valence-corrected chi connectivity index (χ3v) is 4.03. The Kier molecular flexibility index (Phi) is 4.52. The van der Waals surface area contributed by atoms with Crippen molar-refractivity contribution in [1.82, 2.24) is 5.32 Å². The summed E-state index contributed by atoms with van der Waals surface area (Å²) in [4.78, 5) is 0. The molecule has 100 valence electrons. The normalized spacial score (nSPS) is 21.9. The molecule has 0 aromatic heterocycles. The third kappa shape index (κ3) is 2.50. The zero-order valence-corrected chi connectivity index (χ0v) is 11.8. The van der Waals surface area contributed by atoms with E-state index >= 15 is 0 Å². The van der Waals surface area contributed by atoms with Gasteiger partial charge in [0.15, 0.2) is 0 Å². The van der Waals surface area contributed by atoms with Crippen LogP contribution < -0.4 is 10.1 Å². The molecular weight excluding hydrogens is 246 g/mol.